The lowest BCUT2D eigenvalue weighted by Gasteiger charge is -2.58. The Labute approximate surface area is 114 Å². The summed E-state index contributed by atoms with van der Waals surface area (Å²) in [5.41, 5.74) is 0.845. The molecule has 5 unspecified atom stereocenters. The fourth-order valence-electron chi connectivity index (χ4n) is 4.08. The van der Waals surface area contributed by atoms with Gasteiger partial charge in [0.1, 0.15) is 0 Å². The number of hydrogen-bond acceptors (Lipinski definition) is 1. The minimum atomic E-state index is -0.487. The average Bonchev–Trinajstić information content (AvgIpc) is 2.20. The van der Waals surface area contributed by atoms with Crippen molar-refractivity contribution >= 4 is 15.9 Å². The number of aliphatic hydroxyl groups is 1. The molecule has 0 radical (unpaired) electrons. The lowest BCUT2D eigenvalue weighted by Crippen LogP contribution is -2.59. The summed E-state index contributed by atoms with van der Waals surface area (Å²) in [6.07, 6.45) is 5.44. The Bertz CT molecular complexity index is 327. The molecule has 2 aliphatic carbocycles. The summed E-state index contributed by atoms with van der Waals surface area (Å²) < 4.78 is 0. The van der Waals surface area contributed by atoms with Crippen LogP contribution in [0.1, 0.15) is 52.9 Å². The average molecular weight is 301 g/mol. The molecular weight excluding hydrogens is 276 g/mol. The maximum atomic E-state index is 11.2. The van der Waals surface area contributed by atoms with Gasteiger partial charge in [-0.1, -0.05) is 41.9 Å². The van der Waals surface area contributed by atoms with Crippen LogP contribution < -0.4 is 0 Å². The first kappa shape index (κ1) is 13.6. The van der Waals surface area contributed by atoms with Crippen LogP contribution in [0.3, 0.4) is 0 Å². The normalized spacial score (nSPS) is 50.8. The zero-order valence-corrected chi connectivity index (χ0v) is 12.9. The van der Waals surface area contributed by atoms with Crippen molar-refractivity contribution in [2.45, 2.75) is 63.3 Å². The molecule has 2 fully saturated rings. The van der Waals surface area contributed by atoms with Crippen LogP contribution in [-0.4, -0.2) is 15.5 Å². The van der Waals surface area contributed by atoms with Gasteiger partial charge < -0.3 is 5.11 Å². The molecule has 0 aliphatic heterocycles. The van der Waals surface area contributed by atoms with Crippen LogP contribution >= 0.6 is 15.9 Å². The van der Waals surface area contributed by atoms with Crippen LogP contribution in [0.4, 0.5) is 0 Å². The van der Waals surface area contributed by atoms with Crippen LogP contribution in [0.2, 0.25) is 0 Å². The number of allylic oxidation sites excluding steroid dienone is 1. The molecule has 2 heteroatoms. The minimum absolute atomic E-state index is 0.0881. The predicted octanol–water partition coefficient (Wildman–Crippen LogP) is 4.29. The molecule has 0 aromatic rings. The van der Waals surface area contributed by atoms with Crippen molar-refractivity contribution in [2.24, 2.45) is 17.3 Å². The first-order valence-electron chi connectivity index (χ1n) is 6.80. The van der Waals surface area contributed by atoms with Crippen LogP contribution in [0, 0.1) is 17.3 Å². The minimum Gasteiger partial charge on any atom is -0.389 e. The largest absolute Gasteiger partial charge is 0.389 e. The Hall–Kier alpha value is 0.180. The molecule has 1 N–H and O–H groups in total. The molecule has 2 aliphatic rings. The van der Waals surface area contributed by atoms with E-state index >= 15 is 0 Å². The Morgan fingerprint density at radius 1 is 1.41 bits per heavy atom. The summed E-state index contributed by atoms with van der Waals surface area (Å²) in [5.74, 6) is 0.898. The number of rotatable bonds is 1. The van der Waals surface area contributed by atoms with Crippen molar-refractivity contribution in [1.82, 2.24) is 0 Å². The zero-order chi connectivity index (χ0) is 12.8. The summed E-state index contributed by atoms with van der Waals surface area (Å²) in [4.78, 5) is 0.573. The molecule has 0 heterocycles. The van der Waals surface area contributed by atoms with Crippen molar-refractivity contribution in [3.63, 3.8) is 0 Å². The smallest absolute Gasteiger partial charge is 0.0732 e. The highest BCUT2D eigenvalue weighted by Crippen LogP contribution is 2.58. The highest BCUT2D eigenvalue weighted by atomic mass is 79.9. The fraction of sp³-hybridized carbons (Fsp3) is 0.867. The van der Waals surface area contributed by atoms with Crippen LogP contribution in [0.5, 0.6) is 0 Å². The summed E-state index contributed by atoms with van der Waals surface area (Å²) in [6, 6.07) is 0. The SMILES string of the molecule is C=C(C)C1CCC2(C)CC(Br)CC(C)C2(O)C1. The first-order chi connectivity index (χ1) is 7.78. The van der Waals surface area contributed by atoms with E-state index in [0.29, 0.717) is 16.7 Å². The number of hydrogen-bond donors (Lipinski definition) is 1. The van der Waals surface area contributed by atoms with Gasteiger partial charge in [-0.15, -0.1) is 0 Å². The van der Waals surface area contributed by atoms with Gasteiger partial charge >= 0.3 is 0 Å². The Morgan fingerprint density at radius 3 is 2.65 bits per heavy atom. The lowest BCUT2D eigenvalue weighted by molar-refractivity contribution is -0.171. The van der Waals surface area contributed by atoms with Gasteiger partial charge in [-0.25, -0.2) is 0 Å². The molecule has 0 saturated heterocycles. The molecule has 1 nitrogen and oxygen atoms in total. The number of halogens is 1. The standard InChI is InChI=1S/C15H25BrO/c1-10(2)12-5-6-14(4)9-13(16)7-11(3)15(14,17)8-12/h11-13,17H,1,5-9H2,2-4H3. The quantitative estimate of drug-likeness (QED) is 0.566. The molecule has 0 spiro atoms. The molecule has 0 amide bonds. The topological polar surface area (TPSA) is 20.2 Å². The van der Waals surface area contributed by atoms with Gasteiger partial charge in [-0.05, 0) is 56.3 Å². The summed E-state index contributed by atoms with van der Waals surface area (Å²) >= 11 is 3.77. The van der Waals surface area contributed by atoms with Crippen molar-refractivity contribution in [3.05, 3.63) is 12.2 Å². The van der Waals surface area contributed by atoms with Crippen molar-refractivity contribution < 1.29 is 5.11 Å². The van der Waals surface area contributed by atoms with E-state index in [0.717, 1.165) is 25.7 Å². The first-order valence-corrected chi connectivity index (χ1v) is 7.72. The Balaban J connectivity index is 2.27. The molecule has 0 bridgehead atoms. The van der Waals surface area contributed by atoms with Crippen LogP contribution in [0.15, 0.2) is 12.2 Å². The molecule has 17 heavy (non-hydrogen) atoms. The molecule has 98 valence electrons. The van der Waals surface area contributed by atoms with E-state index < -0.39 is 5.60 Å². The summed E-state index contributed by atoms with van der Waals surface area (Å²) in [7, 11) is 0. The van der Waals surface area contributed by atoms with Gasteiger partial charge in [0.25, 0.3) is 0 Å². The third-order valence-electron chi connectivity index (χ3n) is 5.44. The predicted molar refractivity (Wildman–Crippen MR) is 76.3 cm³/mol. The van der Waals surface area contributed by atoms with Gasteiger partial charge in [0.15, 0.2) is 0 Å². The van der Waals surface area contributed by atoms with E-state index in [2.05, 4.69) is 43.3 Å². The van der Waals surface area contributed by atoms with Crippen LogP contribution in [0.25, 0.3) is 0 Å². The maximum absolute atomic E-state index is 11.2. The van der Waals surface area contributed by atoms with E-state index in [-0.39, 0.29) is 5.41 Å². The molecule has 0 aromatic heterocycles. The highest BCUT2D eigenvalue weighted by molar-refractivity contribution is 9.09. The van der Waals surface area contributed by atoms with E-state index in [1.807, 2.05) is 0 Å². The second-order valence-electron chi connectivity index (χ2n) is 6.71. The monoisotopic (exact) mass is 300 g/mol. The number of fused-ring (bicyclic) bond motifs is 1. The summed E-state index contributed by atoms with van der Waals surface area (Å²) in [5, 5.41) is 11.2. The second-order valence-corrected chi connectivity index (χ2v) is 8.00. The van der Waals surface area contributed by atoms with Crippen LogP contribution in [-0.2, 0) is 0 Å². The third kappa shape index (κ3) is 2.12. The zero-order valence-electron chi connectivity index (χ0n) is 11.3. The second kappa shape index (κ2) is 4.38. The Kier molecular flexibility index (Phi) is 3.51. The molecular formula is C15H25BrO. The van der Waals surface area contributed by atoms with Crippen molar-refractivity contribution in [3.8, 4) is 0 Å². The lowest BCUT2D eigenvalue weighted by atomic mass is 9.51. The highest BCUT2D eigenvalue weighted by Gasteiger charge is 2.56. The van der Waals surface area contributed by atoms with Gasteiger partial charge in [0.2, 0.25) is 0 Å². The van der Waals surface area contributed by atoms with E-state index in [4.69, 9.17) is 0 Å². The molecule has 2 saturated carbocycles. The number of alkyl halides is 1. The maximum Gasteiger partial charge on any atom is 0.0732 e. The van der Waals surface area contributed by atoms with Gasteiger partial charge in [0.05, 0.1) is 5.60 Å². The van der Waals surface area contributed by atoms with Crippen molar-refractivity contribution in [2.75, 3.05) is 0 Å². The van der Waals surface area contributed by atoms with E-state index in [1.165, 1.54) is 12.0 Å². The molecule has 2 rings (SSSR count). The van der Waals surface area contributed by atoms with Gasteiger partial charge in [-0.2, -0.15) is 0 Å². The van der Waals surface area contributed by atoms with Crippen molar-refractivity contribution in [1.29, 1.82) is 0 Å². The van der Waals surface area contributed by atoms with Gasteiger partial charge in [0, 0.05) is 4.83 Å². The third-order valence-corrected chi connectivity index (χ3v) is 6.14. The summed E-state index contributed by atoms with van der Waals surface area (Å²) in [6.45, 7) is 10.7. The Morgan fingerprint density at radius 2 is 2.06 bits per heavy atom. The van der Waals surface area contributed by atoms with Gasteiger partial charge in [-0.3, -0.25) is 0 Å². The van der Waals surface area contributed by atoms with E-state index in [1.54, 1.807) is 0 Å². The fourth-order valence-corrected chi connectivity index (χ4v) is 5.35. The molecule has 0 aromatic carbocycles. The molecule has 5 atom stereocenters. The van der Waals surface area contributed by atoms with E-state index in [9.17, 15) is 5.11 Å².